The van der Waals surface area contributed by atoms with E-state index in [1.165, 1.54) is 0 Å². The normalized spacial score (nSPS) is 10.4. The first kappa shape index (κ1) is 16.9. The number of hydrogen-bond acceptors (Lipinski definition) is 5. The average Bonchev–Trinajstić information content (AvgIpc) is 2.44. The molecule has 0 unspecified atom stereocenters. The number of rotatable bonds is 8. The minimum absolute atomic E-state index is 0.00652. The Balaban J connectivity index is 3.61. The molecule has 0 aliphatic rings. The minimum Gasteiger partial charge on any atom is -0.504 e. The Morgan fingerprint density at radius 3 is 2.05 bits per heavy atom. The van der Waals surface area contributed by atoms with Crippen LogP contribution in [0.25, 0.3) is 0 Å². The van der Waals surface area contributed by atoms with Gasteiger partial charge >= 0.3 is 5.97 Å². The van der Waals surface area contributed by atoms with E-state index in [1.54, 1.807) is 13.8 Å². The lowest BCUT2D eigenvalue weighted by atomic mass is 9.98. The molecule has 118 valence electrons. The summed E-state index contributed by atoms with van der Waals surface area (Å²) in [5.41, 5.74) is 0.0257. The van der Waals surface area contributed by atoms with Crippen molar-refractivity contribution in [2.24, 2.45) is 0 Å². The van der Waals surface area contributed by atoms with E-state index in [2.05, 4.69) is 0 Å². The van der Waals surface area contributed by atoms with Gasteiger partial charge in [-0.1, -0.05) is 13.3 Å². The number of carboxylic acids is 1. The Morgan fingerprint density at radius 2 is 1.57 bits per heavy atom. The molecule has 0 radical (unpaired) electrons. The van der Waals surface area contributed by atoms with Gasteiger partial charge in [0.25, 0.3) is 0 Å². The molecule has 6 heteroatoms. The van der Waals surface area contributed by atoms with Crippen LogP contribution in [0.3, 0.4) is 0 Å². The summed E-state index contributed by atoms with van der Waals surface area (Å²) < 4.78 is 10.8. The molecule has 0 amide bonds. The number of phenolic OH excluding ortho intramolecular Hbond substituents is 1. The smallest absolute Gasteiger partial charge is 0.340 e. The Kier molecular flexibility index (Phi) is 6.14. The van der Waals surface area contributed by atoms with Crippen LogP contribution in [0.2, 0.25) is 0 Å². The number of aromatic hydroxyl groups is 2. The molecule has 0 saturated carbocycles. The van der Waals surface area contributed by atoms with Crippen LogP contribution in [0.5, 0.6) is 23.0 Å². The van der Waals surface area contributed by atoms with E-state index >= 15 is 0 Å². The minimum atomic E-state index is -1.31. The van der Waals surface area contributed by atoms with E-state index in [1.807, 2.05) is 6.92 Å². The van der Waals surface area contributed by atoms with Crippen LogP contribution < -0.4 is 9.47 Å². The quantitative estimate of drug-likeness (QED) is 0.639. The number of benzene rings is 1. The second-order valence-electron chi connectivity index (χ2n) is 4.48. The Morgan fingerprint density at radius 1 is 1.00 bits per heavy atom. The molecule has 0 heterocycles. The molecular formula is C15H22O6. The van der Waals surface area contributed by atoms with Crippen LogP contribution in [0.4, 0.5) is 0 Å². The molecule has 3 N–H and O–H groups in total. The molecule has 0 spiro atoms. The van der Waals surface area contributed by atoms with Gasteiger partial charge in [0.15, 0.2) is 11.5 Å². The van der Waals surface area contributed by atoms with Gasteiger partial charge in [-0.2, -0.15) is 0 Å². The Labute approximate surface area is 123 Å². The fraction of sp³-hybridized carbons (Fsp3) is 0.533. The Hall–Kier alpha value is -2.11. The summed E-state index contributed by atoms with van der Waals surface area (Å²) in [6, 6.07) is 0. The number of ether oxygens (including phenoxy) is 2. The molecule has 0 aliphatic heterocycles. The maximum Gasteiger partial charge on any atom is 0.340 e. The fourth-order valence-electron chi connectivity index (χ4n) is 2.12. The number of carboxylic acid groups (broad SMARTS) is 1. The molecular weight excluding hydrogens is 276 g/mol. The van der Waals surface area contributed by atoms with Gasteiger partial charge in [-0.15, -0.1) is 0 Å². The van der Waals surface area contributed by atoms with Crippen LogP contribution in [0.15, 0.2) is 0 Å². The van der Waals surface area contributed by atoms with Crippen molar-refractivity contribution < 1.29 is 29.6 Å². The monoisotopic (exact) mass is 298 g/mol. The summed E-state index contributed by atoms with van der Waals surface area (Å²) in [7, 11) is 0. The lowest BCUT2D eigenvalue weighted by molar-refractivity contribution is 0.0690. The van der Waals surface area contributed by atoms with Crippen LogP contribution in [-0.2, 0) is 6.42 Å². The second-order valence-corrected chi connectivity index (χ2v) is 4.48. The molecule has 1 rings (SSSR count). The zero-order chi connectivity index (χ0) is 16.0. The van der Waals surface area contributed by atoms with Crippen LogP contribution in [0, 0.1) is 0 Å². The molecule has 1 aromatic carbocycles. The van der Waals surface area contributed by atoms with Gasteiger partial charge in [-0.25, -0.2) is 4.79 Å². The van der Waals surface area contributed by atoms with Crippen molar-refractivity contribution in [2.75, 3.05) is 13.2 Å². The summed E-state index contributed by atoms with van der Waals surface area (Å²) in [4.78, 5) is 11.4. The SMILES string of the molecule is CCCCc1c(OCC)c(OCC)c(O)c(O)c1C(=O)O. The zero-order valence-corrected chi connectivity index (χ0v) is 12.6. The molecule has 1 aromatic rings. The van der Waals surface area contributed by atoms with E-state index in [0.717, 1.165) is 12.8 Å². The van der Waals surface area contributed by atoms with Gasteiger partial charge < -0.3 is 24.8 Å². The predicted molar refractivity (Wildman–Crippen MR) is 77.7 cm³/mol. The molecule has 0 fully saturated rings. The van der Waals surface area contributed by atoms with E-state index in [0.29, 0.717) is 18.6 Å². The number of carbonyl (C=O) groups is 1. The molecule has 0 aromatic heterocycles. The summed E-state index contributed by atoms with van der Waals surface area (Å²) in [6.07, 6.45) is 2.01. The highest BCUT2D eigenvalue weighted by atomic mass is 16.5. The number of unbranched alkanes of at least 4 members (excludes halogenated alkanes) is 1. The first-order valence-corrected chi connectivity index (χ1v) is 7.09. The maximum absolute atomic E-state index is 11.4. The standard InChI is InChI=1S/C15H22O6/c1-4-7-8-9-10(15(18)19)11(16)12(17)14(21-6-3)13(9)20-5-2/h16-17H,4-8H2,1-3H3,(H,18,19). The van der Waals surface area contributed by atoms with Crippen LogP contribution in [0.1, 0.15) is 49.5 Å². The Bertz CT molecular complexity index is 510. The van der Waals surface area contributed by atoms with Crippen molar-refractivity contribution >= 4 is 5.97 Å². The molecule has 0 aliphatic carbocycles. The van der Waals surface area contributed by atoms with Gasteiger partial charge in [0.05, 0.1) is 13.2 Å². The van der Waals surface area contributed by atoms with Gasteiger partial charge in [0.2, 0.25) is 11.5 Å². The zero-order valence-electron chi connectivity index (χ0n) is 12.6. The molecule has 0 atom stereocenters. The largest absolute Gasteiger partial charge is 0.504 e. The molecule has 0 saturated heterocycles. The summed E-state index contributed by atoms with van der Waals surface area (Å²) >= 11 is 0. The van der Waals surface area contributed by atoms with Gasteiger partial charge in [0.1, 0.15) is 5.56 Å². The topological polar surface area (TPSA) is 96.2 Å². The van der Waals surface area contributed by atoms with E-state index in [9.17, 15) is 20.1 Å². The fourth-order valence-corrected chi connectivity index (χ4v) is 2.12. The maximum atomic E-state index is 11.4. The van der Waals surface area contributed by atoms with Crippen molar-refractivity contribution in [3.63, 3.8) is 0 Å². The third-order valence-corrected chi connectivity index (χ3v) is 3.03. The second kappa shape index (κ2) is 7.61. The van der Waals surface area contributed by atoms with Crippen molar-refractivity contribution in [2.45, 2.75) is 40.0 Å². The molecule has 21 heavy (non-hydrogen) atoms. The number of phenols is 2. The van der Waals surface area contributed by atoms with Gasteiger partial charge in [-0.3, -0.25) is 0 Å². The predicted octanol–water partition coefficient (Wildman–Crippen LogP) is 2.94. The highest BCUT2D eigenvalue weighted by molar-refractivity contribution is 5.95. The number of aromatic carboxylic acids is 1. The van der Waals surface area contributed by atoms with Crippen LogP contribution in [-0.4, -0.2) is 34.5 Å². The van der Waals surface area contributed by atoms with Crippen molar-refractivity contribution in [1.29, 1.82) is 0 Å². The number of hydrogen-bond donors (Lipinski definition) is 3. The van der Waals surface area contributed by atoms with Crippen molar-refractivity contribution in [1.82, 2.24) is 0 Å². The third kappa shape index (κ3) is 3.51. The summed E-state index contributed by atoms with van der Waals surface area (Å²) in [5, 5.41) is 29.3. The molecule has 6 nitrogen and oxygen atoms in total. The van der Waals surface area contributed by atoms with Crippen molar-refractivity contribution in [3.8, 4) is 23.0 Å². The van der Waals surface area contributed by atoms with Crippen LogP contribution >= 0.6 is 0 Å². The van der Waals surface area contributed by atoms with Gasteiger partial charge in [0, 0.05) is 5.56 Å². The van der Waals surface area contributed by atoms with Gasteiger partial charge in [-0.05, 0) is 26.7 Å². The average molecular weight is 298 g/mol. The third-order valence-electron chi connectivity index (χ3n) is 3.03. The van der Waals surface area contributed by atoms with Crippen molar-refractivity contribution in [3.05, 3.63) is 11.1 Å². The first-order chi connectivity index (χ1) is 9.99. The summed E-state index contributed by atoms with van der Waals surface area (Å²) in [6.45, 7) is 6.01. The lowest BCUT2D eigenvalue weighted by Gasteiger charge is -2.19. The highest BCUT2D eigenvalue weighted by Crippen LogP contribution is 2.49. The van der Waals surface area contributed by atoms with E-state index in [-0.39, 0.29) is 23.7 Å². The van der Waals surface area contributed by atoms with E-state index in [4.69, 9.17) is 9.47 Å². The lowest BCUT2D eigenvalue weighted by Crippen LogP contribution is -2.09. The summed E-state index contributed by atoms with van der Waals surface area (Å²) in [5.74, 6) is -2.40. The molecule has 0 bridgehead atoms. The highest BCUT2D eigenvalue weighted by Gasteiger charge is 2.29. The van der Waals surface area contributed by atoms with E-state index < -0.39 is 17.5 Å². The first-order valence-electron chi connectivity index (χ1n) is 7.09.